The summed E-state index contributed by atoms with van der Waals surface area (Å²) in [4.78, 5) is 22.6. The van der Waals surface area contributed by atoms with Crippen LogP contribution in [-0.4, -0.2) is 58.5 Å². The maximum atomic E-state index is 13.5. The van der Waals surface area contributed by atoms with Crippen LogP contribution in [0.15, 0.2) is 53.7 Å². The molecule has 0 bridgehead atoms. The van der Waals surface area contributed by atoms with Gasteiger partial charge in [-0.2, -0.15) is 9.40 Å². The first-order chi connectivity index (χ1) is 15.3. The number of aromatic nitrogens is 2. The minimum absolute atomic E-state index is 0.0221. The first-order valence-corrected chi connectivity index (χ1v) is 11.7. The molecule has 1 fully saturated rings. The summed E-state index contributed by atoms with van der Waals surface area (Å²) in [7, 11) is -3.76. The number of carbonyl (C=O) groups excluding carboxylic acids is 1. The van der Waals surface area contributed by atoms with E-state index in [1.54, 1.807) is 47.1 Å². The van der Waals surface area contributed by atoms with Crippen LogP contribution >= 0.6 is 0 Å². The first kappa shape index (κ1) is 22.0. The van der Waals surface area contributed by atoms with Gasteiger partial charge < -0.3 is 10.4 Å². The number of sulfonamides is 1. The highest BCUT2D eigenvalue weighted by Gasteiger charge is 2.31. The standard InChI is InChI=1S/C22H24N4O5S/c1-15(27)24-18-7-9-25(10-8-18)32(30,31)21-5-3-2-4-19(21)16-6-11-26-20(12-16)17(14-23-26)13-22(28)29/h2-6,11-12,14,18H,7-10,13H2,1H3,(H,24,27)(H,28,29). The third-order valence-electron chi connectivity index (χ3n) is 5.62. The molecule has 1 aliphatic heterocycles. The molecular weight excluding hydrogens is 432 g/mol. The predicted molar refractivity (Wildman–Crippen MR) is 118 cm³/mol. The maximum absolute atomic E-state index is 13.5. The number of nitrogens with one attached hydrogen (secondary N) is 1. The normalized spacial score (nSPS) is 15.7. The van der Waals surface area contributed by atoms with Crippen LogP contribution in [0, 0.1) is 0 Å². The van der Waals surface area contributed by atoms with E-state index in [0.29, 0.717) is 48.1 Å². The number of fused-ring (bicyclic) bond motifs is 1. The van der Waals surface area contributed by atoms with Crippen molar-refractivity contribution in [2.24, 2.45) is 0 Å². The van der Waals surface area contributed by atoms with Crippen LogP contribution < -0.4 is 5.32 Å². The maximum Gasteiger partial charge on any atom is 0.307 e. The molecule has 2 aromatic heterocycles. The Kier molecular flexibility index (Phi) is 5.98. The topological polar surface area (TPSA) is 121 Å². The average Bonchev–Trinajstić information content (AvgIpc) is 3.15. The number of piperidine rings is 1. The highest BCUT2D eigenvalue weighted by molar-refractivity contribution is 7.89. The van der Waals surface area contributed by atoms with Crippen LogP contribution in [0.25, 0.3) is 16.6 Å². The molecule has 10 heteroatoms. The zero-order valence-electron chi connectivity index (χ0n) is 17.6. The molecule has 1 aliphatic rings. The minimum atomic E-state index is -3.76. The zero-order valence-corrected chi connectivity index (χ0v) is 18.4. The Morgan fingerprint density at radius 1 is 1.19 bits per heavy atom. The summed E-state index contributed by atoms with van der Waals surface area (Å²) < 4.78 is 30.0. The van der Waals surface area contributed by atoms with E-state index in [0.717, 1.165) is 0 Å². The molecule has 3 aromatic rings. The number of hydrogen-bond acceptors (Lipinski definition) is 5. The van der Waals surface area contributed by atoms with E-state index < -0.39 is 16.0 Å². The van der Waals surface area contributed by atoms with Gasteiger partial charge in [0.05, 0.1) is 23.0 Å². The van der Waals surface area contributed by atoms with Crippen molar-refractivity contribution < 1.29 is 23.1 Å². The van der Waals surface area contributed by atoms with Gasteiger partial charge in [0.2, 0.25) is 15.9 Å². The summed E-state index contributed by atoms with van der Waals surface area (Å²) >= 11 is 0. The number of carboxylic acids is 1. The molecule has 0 spiro atoms. The highest BCUT2D eigenvalue weighted by Crippen LogP contribution is 2.32. The molecule has 0 aliphatic carbocycles. The molecule has 0 radical (unpaired) electrons. The second-order valence-corrected chi connectivity index (χ2v) is 9.77. The molecule has 1 amide bonds. The lowest BCUT2D eigenvalue weighted by atomic mass is 10.1. The second kappa shape index (κ2) is 8.71. The van der Waals surface area contributed by atoms with Crippen LogP contribution in [0.2, 0.25) is 0 Å². The molecule has 0 atom stereocenters. The Hall–Kier alpha value is -3.24. The van der Waals surface area contributed by atoms with Crippen molar-refractivity contribution in [3.8, 4) is 11.1 Å². The molecule has 9 nitrogen and oxygen atoms in total. The molecule has 1 saturated heterocycles. The number of benzene rings is 1. The quantitative estimate of drug-likeness (QED) is 0.585. The predicted octanol–water partition coefficient (Wildman–Crippen LogP) is 1.92. The van der Waals surface area contributed by atoms with Gasteiger partial charge in [0.1, 0.15) is 0 Å². The third kappa shape index (κ3) is 4.37. The highest BCUT2D eigenvalue weighted by atomic mass is 32.2. The van der Waals surface area contributed by atoms with Gasteiger partial charge >= 0.3 is 5.97 Å². The minimum Gasteiger partial charge on any atom is -0.481 e. The third-order valence-corrected chi connectivity index (χ3v) is 7.58. The number of nitrogens with zero attached hydrogens (tertiary/aromatic N) is 3. The van der Waals surface area contributed by atoms with Gasteiger partial charge in [0.25, 0.3) is 0 Å². The monoisotopic (exact) mass is 456 g/mol. The summed E-state index contributed by atoms with van der Waals surface area (Å²) in [5, 5.41) is 16.2. The van der Waals surface area contributed by atoms with Gasteiger partial charge in [0, 0.05) is 43.4 Å². The molecule has 1 aromatic carbocycles. The number of hydrogen-bond donors (Lipinski definition) is 2. The van der Waals surface area contributed by atoms with Crippen LogP contribution in [0.1, 0.15) is 25.3 Å². The van der Waals surface area contributed by atoms with E-state index in [2.05, 4.69) is 10.4 Å². The van der Waals surface area contributed by atoms with Crippen molar-refractivity contribution in [1.29, 1.82) is 0 Å². The van der Waals surface area contributed by atoms with Crippen molar-refractivity contribution in [2.75, 3.05) is 13.1 Å². The zero-order chi connectivity index (χ0) is 22.9. The van der Waals surface area contributed by atoms with Crippen molar-refractivity contribution in [3.63, 3.8) is 0 Å². The van der Waals surface area contributed by atoms with E-state index in [1.165, 1.54) is 17.4 Å². The number of aliphatic carboxylic acids is 1. The Labute approximate surface area is 185 Å². The molecule has 4 rings (SSSR count). The van der Waals surface area contributed by atoms with Crippen LogP contribution in [0.3, 0.4) is 0 Å². The van der Waals surface area contributed by atoms with Crippen molar-refractivity contribution >= 4 is 27.4 Å². The molecule has 32 heavy (non-hydrogen) atoms. The summed E-state index contributed by atoms with van der Waals surface area (Å²) in [6.45, 7) is 2.11. The van der Waals surface area contributed by atoms with E-state index in [9.17, 15) is 18.0 Å². The Morgan fingerprint density at radius 3 is 2.59 bits per heavy atom. The van der Waals surface area contributed by atoms with Gasteiger partial charge in [-0.3, -0.25) is 9.59 Å². The van der Waals surface area contributed by atoms with Gasteiger partial charge in [-0.25, -0.2) is 12.9 Å². The van der Waals surface area contributed by atoms with Gasteiger partial charge in [-0.1, -0.05) is 18.2 Å². The Balaban J connectivity index is 1.67. The number of carboxylic acid groups (broad SMARTS) is 1. The van der Waals surface area contributed by atoms with E-state index in [-0.39, 0.29) is 23.3 Å². The fourth-order valence-corrected chi connectivity index (χ4v) is 5.78. The van der Waals surface area contributed by atoms with E-state index in [1.807, 2.05) is 0 Å². The largest absolute Gasteiger partial charge is 0.481 e. The summed E-state index contributed by atoms with van der Waals surface area (Å²) in [5.41, 5.74) is 2.38. The summed E-state index contributed by atoms with van der Waals surface area (Å²) in [6.07, 6.45) is 4.15. The molecule has 0 unspecified atom stereocenters. The average molecular weight is 457 g/mol. The molecule has 2 N–H and O–H groups in total. The Morgan fingerprint density at radius 2 is 1.91 bits per heavy atom. The molecule has 0 saturated carbocycles. The summed E-state index contributed by atoms with van der Waals surface area (Å²) in [5.74, 6) is -1.08. The van der Waals surface area contributed by atoms with Crippen LogP contribution in [0.4, 0.5) is 0 Å². The fourth-order valence-electron chi connectivity index (χ4n) is 4.10. The number of rotatable bonds is 6. The Bertz CT molecular complexity index is 1280. The lowest BCUT2D eigenvalue weighted by Crippen LogP contribution is -2.46. The lowest BCUT2D eigenvalue weighted by Gasteiger charge is -2.31. The molecular formula is C22H24N4O5S. The first-order valence-electron chi connectivity index (χ1n) is 10.3. The van der Waals surface area contributed by atoms with Gasteiger partial charge in [-0.05, 0) is 36.6 Å². The van der Waals surface area contributed by atoms with Crippen molar-refractivity contribution in [2.45, 2.75) is 37.1 Å². The van der Waals surface area contributed by atoms with E-state index in [4.69, 9.17) is 5.11 Å². The fraction of sp³-hybridized carbons (Fsp3) is 0.318. The van der Waals surface area contributed by atoms with Crippen molar-refractivity contribution in [1.82, 2.24) is 19.2 Å². The number of pyridine rings is 1. The van der Waals surface area contributed by atoms with Crippen LogP contribution in [0.5, 0.6) is 0 Å². The second-order valence-electron chi connectivity index (χ2n) is 7.86. The SMILES string of the molecule is CC(=O)NC1CCN(S(=O)(=O)c2ccccc2-c2ccn3ncc(CC(=O)O)c3c2)CC1. The smallest absolute Gasteiger partial charge is 0.307 e. The van der Waals surface area contributed by atoms with Gasteiger partial charge in [-0.15, -0.1) is 0 Å². The lowest BCUT2D eigenvalue weighted by molar-refractivity contribution is -0.136. The van der Waals surface area contributed by atoms with E-state index >= 15 is 0 Å². The number of carbonyl (C=O) groups is 2. The molecule has 3 heterocycles. The summed E-state index contributed by atoms with van der Waals surface area (Å²) in [6, 6.07) is 10.3. The van der Waals surface area contributed by atoms with Crippen LogP contribution in [-0.2, 0) is 26.0 Å². The van der Waals surface area contributed by atoms with Crippen molar-refractivity contribution in [3.05, 3.63) is 54.4 Å². The number of amides is 1. The van der Waals surface area contributed by atoms with Gasteiger partial charge in [0.15, 0.2) is 0 Å². The molecule has 168 valence electrons.